The minimum absolute atomic E-state index is 0.463. The second kappa shape index (κ2) is 11.0. The van der Waals surface area contributed by atoms with Crippen molar-refractivity contribution < 1.29 is 9.47 Å². The summed E-state index contributed by atoms with van der Waals surface area (Å²) in [5, 5.41) is 0. The number of ether oxygens (including phenoxy) is 2. The summed E-state index contributed by atoms with van der Waals surface area (Å²) in [6.07, 6.45) is 23.9. The van der Waals surface area contributed by atoms with Crippen molar-refractivity contribution in [1.29, 1.82) is 0 Å². The average molecular weight is 314 g/mol. The molecule has 2 nitrogen and oxygen atoms in total. The molecule has 1 aromatic carbocycles. The molecule has 0 heterocycles. The van der Waals surface area contributed by atoms with Gasteiger partial charge in [-0.25, -0.2) is 0 Å². The standard InChI is InChI=1S/C22H18O2/c1-5-19(3)11-12-20(4)23-17-9-7-8-10-18-24-22-15-13-21(6-2)14-16-22/h1-2,7-18H,3-4H2/b8-7+,12-11-,17-9+,18-10+. The third kappa shape index (κ3) is 7.98. The second-order valence-electron chi connectivity index (χ2n) is 4.42. The van der Waals surface area contributed by atoms with Crippen LogP contribution in [0.25, 0.3) is 0 Å². The van der Waals surface area contributed by atoms with Gasteiger partial charge in [-0.15, -0.1) is 12.8 Å². The van der Waals surface area contributed by atoms with E-state index in [-0.39, 0.29) is 0 Å². The Kier molecular flexibility index (Phi) is 8.46. The van der Waals surface area contributed by atoms with Crippen LogP contribution in [0, 0.1) is 24.7 Å². The van der Waals surface area contributed by atoms with E-state index in [9.17, 15) is 0 Å². The average Bonchev–Trinajstić information content (AvgIpc) is 2.62. The van der Waals surface area contributed by atoms with Crippen LogP contribution in [0.2, 0.25) is 0 Å². The Bertz CT molecular complexity index is 758. The maximum Gasteiger partial charge on any atom is 0.126 e. The molecule has 1 aromatic rings. The van der Waals surface area contributed by atoms with Crippen molar-refractivity contribution in [2.24, 2.45) is 0 Å². The quantitative estimate of drug-likeness (QED) is 0.386. The Hall–Kier alpha value is -3.62. The van der Waals surface area contributed by atoms with Crippen molar-refractivity contribution >= 4 is 0 Å². The Labute approximate surface area is 143 Å². The van der Waals surface area contributed by atoms with Crippen LogP contribution in [0.15, 0.2) is 97.7 Å². The third-order valence-electron chi connectivity index (χ3n) is 2.59. The maximum absolute atomic E-state index is 5.41. The predicted molar refractivity (Wildman–Crippen MR) is 99.8 cm³/mol. The summed E-state index contributed by atoms with van der Waals surface area (Å²) in [5.41, 5.74) is 1.37. The maximum atomic E-state index is 5.41. The minimum Gasteiger partial charge on any atom is -0.466 e. The first-order chi connectivity index (χ1) is 11.7. The number of benzene rings is 1. The van der Waals surface area contributed by atoms with Crippen LogP contribution in [0.4, 0.5) is 0 Å². The van der Waals surface area contributed by atoms with Gasteiger partial charge in [0.2, 0.25) is 0 Å². The van der Waals surface area contributed by atoms with E-state index < -0.39 is 0 Å². The molecule has 0 radical (unpaired) electrons. The molecule has 2 heteroatoms. The van der Waals surface area contributed by atoms with Crippen LogP contribution in [-0.2, 0) is 4.74 Å². The second-order valence-corrected chi connectivity index (χ2v) is 4.42. The number of allylic oxidation sites excluding steroid dienone is 7. The molecular formula is C22H18O2. The lowest BCUT2D eigenvalue weighted by Gasteiger charge is -1.98. The summed E-state index contributed by atoms with van der Waals surface area (Å²) >= 11 is 0. The van der Waals surface area contributed by atoms with Crippen molar-refractivity contribution in [2.75, 3.05) is 0 Å². The molecule has 118 valence electrons. The van der Waals surface area contributed by atoms with Crippen LogP contribution in [0.3, 0.4) is 0 Å². The molecule has 0 aliphatic carbocycles. The summed E-state index contributed by atoms with van der Waals surface area (Å²) in [7, 11) is 0. The molecule has 0 saturated carbocycles. The fourth-order valence-electron chi connectivity index (χ4n) is 1.37. The highest BCUT2D eigenvalue weighted by molar-refractivity contribution is 5.37. The van der Waals surface area contributed by atoms with E-state index in [1.807, 2.05) is 24.3 Å². The highest BCUT2D eigenvalue weighted by Crippen LogP contribution is 2.11. The van der Waals surface area contributed by atoms with Crippen molar-refractivity contribution in [3.05, 3.63) is 103 Å². The summed E-state index contributed by atoms with van der Waals surface area (Å²) < 4.78 is 10.7. The Morgan fingerprint density at radius 3 is 2.21 bits per heavy atom. The summed E-state index contributed by atoms with van der Waals surface area (Å²) in [4.78, 5) is 0. The molecule has 0 bridgehead atoms. The molecule has 0 aromatic heterocycles. The van der Waals surface area contributed by atoms with Gasteiger partial charge in [-0.3, -0.25) is 0 Å². The van der Waals surface area contributed by atoms with Crippen molar-refractivity contribution in [1.82, 2.24) is 0 Å². The van der Waals surface area contributed by atoms with Gasteiger partial charge in [-0.1, -0.05) is 37.2 Å². The van der Waals surface area contributed by atoms with E-state index in [0.717, 1.165) is 5.56 Å². The van der Waals surface area contributed by atoms with Crippen LogP contribution in [0.5, 0.6) is 5.75 Å². The summed E-state index contributed by atoms with van der Waals surface area (Å²) in [6, 6.07) is 7.26. The lowest BCUT2D eigenvalue weighted by atomic mass is 10.2. The van der Waals surface area contributed by atoms with E-state index >= 15 is 0 Å². The molecule has 0 N–H and O–H groups in total. The van der Waals surface area contributed by atoms with Gasteiger partial charge in [0.1, 0.15) is 11.5 Å². The molecule has 0 aliphatic heterocycles. The SMILES string of the molecule is C#CC(=C)/C=C\C(=C)O/C=C/C=C/C=C/Oc1ccc(C#C)cc1. The monoisotopic (exact) mass is 314 g/mol. The van der Waals surface area contributed by atoms with Gasteiger partial charge in [0.25, 0.3) is 0 Å². The van der Waals surface area contributed by atoms with Crippen LogP contribution in [0.1, 0.15) is 5.56 Å². The first-order valence-corrected chi connectivity index (χ1v) is 7.06. The van der Waals surface area contributed by atoms with Crippen LogP contribution in [-0.4, -0.2) is 0 Å². The molecule has 0 atom stereocenters. The van der Waals surface area contributed by atoms with Gasteiger partial charge in [-0.05, 0) is 48.6 Å². The highest BCUT2D eigenvalue weighted by atomic mass is 16.5. The van der Waals surface area contributed by atoms with E-state index in [1.54, 1.807) is 42.7 Å². The topological polar surface area (TPSA) is 18.5 Å². The Balaban J connectivity index is 2.30. The Morgan fingerprint density at radius 1 is 0.917 bits per heavy atom. The predicted octanol–water partition coefficient (Wildman–Crippen LogP) is 4.91. The molecule has 0 amide bonds. The van der Waals surface area contributed by atoms with Crippen molar-refractivity contribution in [3.63, 3.8) is 0 Å². The summed E-state index contributed by atoms with van der Waals surface area (Å²) in [6.45, 7) is 7.35. The lowest BCUT2D eigenvalue weighted by Crippen LogP contribution is -1.81. The number of hydrogen-bond donors (Lipinski definition) is 0. The molecule has 0 spiro atoms. The molecule has 0 saturated heterocycles. The first kappa shape index (κ1) is 18.4. The molecule has 0 fully saturated rings. The zero-order valence-electron chi connectivity index (χ0n) is 13.3. The van der Waals surface area contributed by atoms with Crippen molar-refractivity contribution in [3.8, 4) is 30.4 Å². The van der Waals surface area contributed by atoms with Gasteiger partial charge in [0, 0.05) is 11.1 Å². The smallest absolute Gasteiger partial charge is 0.126 e. The number of hydrogen-bond acceptors (Lipinski definition) is 2. The zero-order valence-corrected chi connectivity index (χ0v) is 13.3. The largest absolute Gasteiger partial charge is 0.466 e. The molecule has 0 unspecified atom stereocenters. The van der Waals surface area contributed by atoms with Crippen LogP contribution >= 0.6 is 0 Å². The first-order valence-electron chi connectivity index (χ1n) is 7.06. The summed E-state index contributed by atoms with van der Waals surface area (Å²) in [5.74, 6) is 6.13. The number of terminal acetylenes is 2. The normalized spacial score (nSPS) is 10.9. The Morgan fingerprint density at radius 2 is 1.58 bits per heavy atom. The zero-order chi connectivity index (χ0) is 17.6. The number of rotatable bonds is 8. The highest BCUT2D eigenvalue weighted by Gasteiger charge is 1.89. The fourth-order valence-corrected chi connectivity index (χ4v) is 1.37. The molecule has 1 rings (SSSR count). The van der Waals surface area contributed by atoms with E-state index in [0.29, 0.717) is 17.1 Å². The molecular weight excluding hydrogens is 296 g/mol. The van der Waals surface area contributed by atoms with Crippen molar-refractivity contribution in [2.45, 2.75) is 0 Å². The van der Waals surface area contributed by atoms with Gasteiger partial charge in [0.05, 0.1) is 12.5 Å². The third-order valence-corrected chi connectivity index (χ3v) is 2.59. The van der Waals surface area contributed by atoms with Gasteiger partial charge in [-0.2, -0.15) is 0 Å². The van der Waals surface area contributed by atoms with Gasteiger partial charge >= 0.3 is 0 Å². The van der Waals surface area contributed by atoms with Crippen LogP contribution < -0.4 is 4.74 Å². The minimum atomic E-state index is 0.463. The van der Waals surface area contributed by atoms with E-state index in [1.165, 1.54) is 6.26 Å². The lowest BCUT2D eigenvalue weighted by molar-refractivity contribution is 0.370. The fraction of sp³-hybridized carbons (Fsp3) is 0. The van der Waals surface area contributed by atoms with E-state index in [2.05, 4.69) is 25.0 Å². The van der Waals surface area contributed by atoms with Gasteiger partial charge < -0.3 is 9.47 Å². The van der Waals surface area contributed by atoms with E-state index in [4.69, 9.17) is 22.3 Å². The molecule has 0 aliphatic rings. The molecule has 24 heavy (non-hydrogen) atoms. The van der Waals surface area contributed by atoms with Gasteiger partial charge in [0.15, 0.2) is 0 Å².